The van der Waals surface area contributed by atoms with Crippen molar-refractivity contribution in [2.24, 2.45) is 0 Å². The quantitative estimate of drug-likeness (QED) is 0.647. The smallest absolute Gasteiger partial charge is 0.162 e. The van der Waals surface area contributed by atoms with Gasteiger partial charge in [-0.3, -0.25) is 4.79 Å². The number of rotatable bonds is 8. The van der Waals surface area contributed by atoms with Gasteiger partial charge in [-0.15, -0.1) is 0 Å². The maximum atomic E-state index is 11.7. The zero-order chi connectivity index (χ0) is 20.8. The number of quaternary nitrogens is 1. The Morgan fingerprint density at radius 3 is 2.55 bits per heavy atom. The van der Waals surface area contributed by atoms with Gasteiger partial charge in [0, 0.05) is 22.7 Å². The Morgan fingerprint density at radius 1 is 1.21 bits per heavy atom. The molecule has 0 bridgehead atoms. The van der Waals surface area contributed by atoms with Crippen LogP contribution in [0.5, 0.6) is 5.75 Å². The number of hydrogen-bond donors (Lipinski definition) is 2. The Bertz CT molecular complexity index is 817. The second-order valence-corrected chi connectivity index (χ2v) is 8.00. The number of anilines is 1. The fraction of sp³-hybridized carbons (Fsp3) is 0.435. The number of hydrogen-bond acceptors (Lipinski definition) is 4. The third-order valence-corrected chi connectivity index (χ3v) is 5.92. The Hall–Kier alpha value is -2.08. The lowest BCUT2D eigenvalue weighted by atomic mass is 10.1. The summed E-state index contributed by atoms with van der Waals surface area (Å²) in [6.07, 6.45) is -0.0346. The fourth-order valence-electron chi connectivity index (χ4n) is 3.73. The van der Waals surface area contributed by atoms with Crippen molar-refractivity contribution < 1.29 is 19.5 Å². The van der Waals surface area contributed by atoms with Gasteiger partial charge in [-0.25, -0.2) is 0 Å². The number of piperazine rings is 1. The van der Waals surface area contributed by atoms with Gasteiger partial charge in [0.1, 0.15) is 25.0 Å². The minimum absolute atomic E-state index is 0.118. The molecule has 0 spiro atoms. The van der Waals surface area contributed by atoms with E-state index in [1.807, 2.05) is 19.1 Å². The average molecular weight is 418 g/mol. The molecule has 1 heterocycles. The molecule has 29 heavy (non-hydrogen) atoms. The second kappa shape index (κ2) is 10.1. The zero-order valence-electron chi connectivity index (χ0n) is 17.2. The summed E-state index contributed by atoms with van der Waals surface area (Å²) in [5.41, 5.74) is 3.01. The summed E-state index contributed by atoms with van der Waals surface area (Å²) < 4.78 is 5.70. The number of carbonyl (C=O) groups is 1. The van der Waals surface area contributed by atoms with Crippen molar-refractivity contribution in [1.82, 2.24) is 0 Å². The van der Waals surface area contributed by atoms with Gasteiger partial charge in [0.15, 0.2) is 5.78 Å². The lowest BCUT2D eigenvalue weighted by Gasteiger charge is -2.35. The summed E-state index contributed by atoms with van der Waals surface area (Å²) in [5.74, 6) is 0.792. The summed E-state index contributed by atoms with van der Waals surface area (Å²) in [6.45, 7) is 8.64. The molecule has 5 nitrogen and oxygen atoms in total. The highest BCUT2D eigenvalue weighted by atomic mass is 35.5. The molecule has 3 rings (SSSR count). The minimum Gasteiger partial charge on any atom is -0.491 e. The van der Waals surface area contributed by atoms with E-state index in [2.05, 4.69) is 17.9 Å². The fourth-order valence-corrected chi connectivity index (χ4v) is 3.90. The number of nitrogens with one attached hydrogen (secondary N) is 1. The van der Waals surface area contributed by atoms with E-state index in [4.69, 9.17) is 16.3 Å². The molecular weight excluding hydrogens is 388 g/mol. The standard InChI is InChI=1S/C23H29ClN2O3/c1-3-23(28)18-7-9-20(10-8-18)29-16-19(27)15-25-11-13-26(14-12-25)22-6-4-5-21(24)17(22)2/h4-10,19,27H,3,11-16H2,1-2H3/p+1/t19-/m1/s1. The van der Waals surface area contributed by atoms with E-state index >= 15 is 0 Å². The molecule has 1 atom stereocenters. The number of halogens is 1. The van der Waals surface area contributed by atoms with E-state index in [0.717, 1.165) is 36.8 Å². The van der Waals surface area contributed by atoms with Crippen LogP contribution in [0.4, 0.5) is 5.69 Å². The van der Waals surface area contributed by atoms with Crippen molar-refractivity contribution in [2.75, 3.05) is 44.2 Å². The van der Waals surface area contributed by atoms with Gasteiger partial charge >= 0.3 is 0 Å². The van der Waals surface area contributed by atoms with Gasteiger partial charge in [-0.2, -0.15) is 0 Å². The molecule has 1 fully saturated rings. The van der Waals surface area contributed by atoms with Crippen LogP contribution in [0.2, 0.25) is 5.02 Å². The van der Waals surface area contributed by atoms with Gasteiger partial charge in [0.05, 0.1) is 26.2 Å². The van der Waals surface area contributed by atoms with Crippen LogP contribution < -0.4 is 14.5 Å². The molecule has 2 aromatic rings. The number of carbonyl (C=O) groups excluding carboxylic acids is 1. The summed E-state index contributed by atoms with van der Waals surface area (Å²) >= 11 is 6.25. The van der Waals surface area contributed by atoms with Crippen LogP contribution in [0.25, 0.3) is 0 Å². The molecule has 0 saturated carbocycles. The van der Waals surface area contributed by atoms with Crippen molar-refractivity contribution in [3.8, 4) is 5.75 Å². The zero-order valence-corrected chi connectivity index (χ0v) is 17.9. The highest BCUT2D eigenvalue weighted by molar-refractivity contribution is 6.31. The lowest BCUT2D eigenvalue weighted by Crippen LogP contribution is -3.16. The Balaban J connectivity index is 1.43. The molecule has 6 heteroatoms. The van der Waals surface area contributed by atoms with E-state index in [9.17, 15) is 9.90 Å². The minimum atomic E-state index is -0.526. The normalized spacial score (nSPS) is 15.9. The second-order valence-electron chi connectivity index (χ2n) is 7.59. The maximum absolute atomic E-state index is 11.7. The van der Waals surface area contributed by atoms with Gasteiger partial charge in [-0.1, -0.05) is 24.6 Å². The van der Waals surface area contributed by atoms with Crippen LogP contribution >= 0.6 is 11.6 Å². The van der Waals surface area contributed by atoms with E-state index in [1.54, 1.807) is 24.3 Å². The van der Waals surface area contributed by atoms with Crippen molar-refractivity contribution in [3.63, 3.8) is 0 Å². The van der Waals surface area contributed by atoms with Crippen LogP contribution in [0.1, 0.15) is 29.3 Å². The topological polar surface area (TPSA) is 54.2 Å². The largest absolute Gasteiger partial charge is 0.491 e. The van der Waals surface area contributed by atoms with Crippen molar-refractivity contribution in [1.29, 1.82) is 0 Å². The predicted octanol–water partition coefficient (Wildman–Crippen LogP) is 2.39. The number of aliphatic hydroxyl groups is 1. The highest BCUT2D eigenvalue weighted by Gasteiger charge is 2.24. The predicted molar refractivity (Wildman–Crippen MR) is 117 cm³/mol. The van der Waals surface area contributed by atoms with Crippen LogP contribution in [0, 0.1) is 6.92 Å². The average Bonchev–Trinajstić information content (AvgIpc) is 2.75. The number of aliphatic hydroxyl groups excluding tert-OH is 1. The molecule has 0 aromatic heterocycles. The van der Waals surface area contributed by atoms with Crippen LogP contribution in [0.15, 0.2) is 42.5 Å². The molecular formula is C23H30ClN2O3+. The first-order valence-electron chi connectivity index (χ1n) is 10.3. The highest BCUT2D eigenvalue weighted by Crippen LogP contribution is 2.26. The molecule has 1 aliphatic heterocycles. The Morgan fingerprint density at radius 2 is 1.90 bits per heavy atom. The molecule has 0 aliphatic carbocycles. The van der Waals surface area contributed by atoms with E-state index < -0.39 is 6.10 Å². The van der Waals surface area contributed by atoms with Crippen molar-refractivity contribution in [2.45, 2.75) is 26.4 Å². The van der Waals surface area contributed by atoms with E-state index in [0.29, 0.717) is 24.3 Å². The molecule has 1 aliphatic rings. The summed E-state index contributed by atoms with van der Waals surface area (Å²) in [6, 6.07) is 13.2. The van der Waals surface area contributed by atoms with Gasteiger partial charge in [0.2, 0.25) is 0 Å². The van der Waals surface area contributed by atoms with Crippen molar-refractivity contribution >= 4 is 23.1 Å². The van der Waals surface area contributed by atoms with Crippen LogP contribution in [-0.4, -0.2) is 56.3 Å². The monoisotopic (exact) mass is 417 g/mol. The lowest BCUT2D eigenvalue weighted by molar-refractivity contribution is -0.903. The molecule has 0 unspecified atom stereocenters. The van der Waals surface area contributed by atoms with E-state index in [-0.39, 0.29) is 12.4 Å². The Labute approximate surface area is 177 Å². The van der Waals surface area contributed by atoms with Gasteiger partial charge in [0.25, 0.3) is 0 Å². The molecule has 2 N–H and O–H groups in total. The van der Waals surface area contributed by atoms with Crippen molar-refractivity contribution in [3.05, 3.63) is 58.6 Å². The van der Waals surface area contributed by atoms with E-state index in [1.165, 1.54) is 10.6 Å². The first kappa shape index (κ1) is 21.6. The maximum Gasteiger partial charge on any atom is 0.162 e. The number of ketones is 1. The van der Waals surface area contributed by atoms with Gasteiger partial charge in [-0.05, 0) is 48.9 Å². The third-order valence-electron chi connectivity index (χ3n) is 5.51. The number of Topliss-reactive ketones (excluding diaryl/α,β-unsaturated/α-hetero) is 1. The number of nitrogens with zero attached hydrogens (tertiary/aromatic N) is 1. The number of ether oxygens (including phenoxy) is 1. The summed E-state index contributed by atoms with van der Waals surface area (Å²) in [4.78, 5) is 15.4. The van der Waals surface area contributed by atoms with Crippen LogP contribution in [0.3, 0.4) is 0 Å². The third kappa shape index (κ3) is 5.72. The van der Waals surface area contributed by atoms with Gasteiger partial charge < -0.3 is 19.6 Å². The SMILES string of the molecule is CCC(=O)c1ccc(OC[C@H](O)C[NH+]2CCN(c3cccc(Cl)c3C)CC2)cc1. The molecule has 0 amide bonds. The first-order valence-corrected chi connectivity index (χ1v) is 10.6. The molecule has 2 aromatic carbocycles. The molecule has 1 saturated heterocycles. The first-order chi connectivity index (χ1) is 14.0. The molecule has 156 valence electrons. The summed E-state index contributed by atoms with van der Waals surface area (Å²) in [7, 11) is 0. The van der Waals surface area contributed by atoms with Crippen LogP contribution in [-0.2, 0) is 0 Å². The Kier molecular flexibility index (Phi) is 7.53. The molecule has 0 radical (unpaired) electrons. The summed E-state index contributed by atoms with van der Waals surface area (Å²) in [5, 5.41) is 11.2. The number of benzene rings is 2.